The van der Waals surface area contributed by atoms with Crippen molar-refractivity contribution in [2.24, 2.45) is 4.99 Å². The number of aliphatic carboxylic acids is 1. The maximum absolute atomic E-state index is 10.9. The molecule has 0 saturated heterocycles. The highest BCUT2D eigenvalue weighted by Gasteiger charge is 2.18. The summed E-state index contributed by atoms with van der Waals surface area (Å²) in [6.45, 7) is 2.71. The van der Waals surface area contributed by atoms with Crippen LogP contribution in [-0.2, 0) is 4.79 Å². The summed E-state index contributed by atoms with van der Waals surface area (Å²) in [4.78, 5) is 16.6. The van der Waals surface area contributed by atoms with Gasteiger partial charge in [-0.1, -0.05) is 12.1 Å². The molecule has 0 unspecified atom stereocenters. The first kappa shape index (κ1) is 12.2. The summed E-state index contributed by atoms with van der Waals surface area (Å²) in [7, 11) is 0. The zero-order valence-electron chi connectivity index (χ0n) is 10.0. The van der Waals surface area contributed by atoms with Crippen LogP contribution in [0.3, 0.4) is 0 Å². The van der Waals surface area contributed by atoms with Crippen LogP contribution in [0.25, 0.3) is 0 Å². The van der Waals surface area contributed by atoms with Gasteiger partial charge in [0.05, 0.1) is 18.8 Å². The van der Waals surface area contributed by atoms with E-state index in [1.807, 2.05) is 31.2 Å². The molecular weight excluding hydrogens is 232 g/mol. The van der Waals surface area contributed by atoms with Crippen molar-refractivity contribution in [3.63, 3.8) is 0 Å². The third-order valence-corrected chi connectivity index (χ3v) is 2.52. The summed E-state index contributed by atoms with van der Waals surface area (Å²) < 4.78 is 5.52. The lowest BCUT2D eigenvalue weighted by atomic mass is 10.2. The van der Waals surface area contributed by atoms with Crippen molar-refractivity contribution < 1.29 is 14.6 Å². The first-order chi connectivity index (χ1) is 8.72. The van der Waals surface area contributed by atoms with E-state index in [2.05, 4.69) is 4.99 Å². The number of carboxylic acid groups (broad SMARTS) is 1. The molecule has 0 spiro atoms. The number of carboxylic acids is 1. The molecule has 0 bridgehead atoms. The molecule has 0 amide bonds. The van der Waals surface area contributed by atoms with E-state index in [1.54, 1.807) is 11.1 Å². The monoisotopic (exact) mass is 246 g/mol. The van der Waals surface area contributed by atoms with Gasteiger partial charge in [0.1, 0.15) is 11.5 Å². The highest BCUT2D eigenvalue weighted by molar-refractivity contribution is 6.37. The molecule has 5 nitrogen and oxygen atoms in total. The van der Waals surface area contributed by atoms with Crippen LogP contribution in [0.1, 0.15) is 6.92 Å². The smallest absolute Gasteiger partial charge is 0.352 e. The van der Waals surface area contributed by atoms with Crippen molar-refractivity contribution in [3.05, 3.63) is 36.7 Å². The number of rotatable bonds is 4. The molecule has 1 aliphatic heterocycles. The Morgan fingerprint density at radius 1 is 1.50 bits per heavy atom. The fourth-order valence-corrected chi connectivity index (χ4v) is 1.72. The Morgan fingerprint density at radius 3 is 3.00 bits per heavy atom. The maximum Gasteiger partial charge on any atom is 0.352 e. The van der Waals surface area contributed by atoms with Crippen molar-refractivity contribution in [2.75, 3.05) is 18.1 Å². The van der Waals surface area contributed by atoms with Gasteiger partial charge in [-0.25, -0.2) is 4.79 Å². The SMILES string of the molecule is CCOc1ccccc1N1C=CN=C(C(=O)O)C1. The standard InChI is InChI=1S/C13H14N2O3/c1-2-18-12-6-4-3-5-11(12)15-8-7-14-10(9-15)13(16)17/h3-8H,2,9H2,1H3,(H,16,17). The highest BCUT2D eigenvalue weighted by atomic mass is 16.5. The second-order valence-corrected chi connectivity index (χ2v) is 3.71. The maximum atomic E-state index is 10.9. The number of benzene rings is 1. The largest absolute Gasteiger partial charge is 0.492 e. The van der Waals surface area contributed by atoms with E-state index in [0.29, 0.717) is 6.61 Å². The Labute approximate surface area is 105 Å². The number of nitrogens with zero attached hydrogens (tertiary/aromatic N) is 2. The average molecular weight is 246 g/mol. The van der Waals surface area contributed by atoms with Crippen LogP contribution in [0.4, 0.5) is 5.69 Å². The van der Waals surface area contributed by atoms with Crippen LogP contribution in [0.2, 0.25) is 0 Å². The van der Waals surface area contributed by atoms with Crippen LogP contribution >= 0.6 is 0 Å². The van der Waals surface area contributed by atoms with Crippen LogP contribution < -0.4 is 9.64 Å². The van der Waals surface area contributed by atoms with Crippen molar-refractivity contribution in [2.45, 2.75) is 6.92 Å². The number of anilines is 1. The quantitative estimate of drug-likeness (QED) is 0.881. The van der Waals surface area contributed by atoms with Gasteiger partial charge in [-0.3, -0.25) is 4.99 Å². The van der Waals surface area contributed by atoms with Gasteiger partial charge in [-0.05, 0) is 19.1 Å². The predicted octanol–water partition coefficient (Wildman–Crippen LogP) is 1.90. The van der Waals surface area contributed by atoms with E-state index in [9.17, 15) is 4.79 Å². The van der Waals surface area contributed by atoms with Crippen molar-refractivity contribution >= 4 is 17.4 Å². The Bertz CT molecular complexity index is 509. The molecule has 0 saturated carbocycles. The van der Waals surface area contributed by atoms with E-state index >= 15 is 0 Å². The van der Waals surface area contributed by atoms with Gasteiger partial charge in [0.15, 0.2) is 0 Å². The van der Waals surface area contributed by atoms with Gasteiger partial charge in [0.2, 0.25) is 0 Å². The molecule has 1 aliphatic rings. The van der Waals surface area contributed by atoms with Gasteiger partial charge >= 0.3 is 5.97 Å². The first-order valence-corrected chi connectivity index (χ1v) is 5.67. The normalized spacial score (nSPS) is 14.3. The number of para-hydroxylation sites is 2. The summed E-state index contributed by atoms with van der Waals surface area (Å²) in [6, 6.07) is 7.52. The number of carbonyl (C=O) groups is 1. The van der Waals surface area contributed by atoms with Crippen molar-refractivity contribution in [1.29, 1.82) is 0 Å². The molecular formula is C13H14N2O3. The summed E-state index contributed by atoms with van der Waals surface area (Å²) >= 11 is 0. The Hall–Kier alpha value is -2.30. The molecule has 0 aromatic heterocycles. The molecule has 0 radical (unpaired) electrons. The van der Waals surface area contributed by atoms with E-state index in [-0.39, 0.29) is 12.3 Å². The fourth-order valence-electron chi connectivity index (χ4n) is 1.72. The lowest BCUT2D eigenvalue weighted by molar-refractivity contribution is -0.129. The number of hydrogen-bond acceptors (Lipinski definition) is 4. The van der Waals surface area contributed by atoms with Gasteiger partial charge in [0, 0.05) is 12.4 Å². The molecule has 0 aliphatic carbocycles. The summed E-state index contributed by atoms with van der Waals surface area (Å²) in [5.41, 5.74) is 0.952. The van der Waals surface area contributed by atoms with Crippen LogP contribution in [-0.4, -0.2) is 29.9 Å². The first-order valence-electron chi connectivity index (χ1n) is 5.67. The van der Waals surface area contributed by atoms with E-state index in [1.165, 1.54) is 6.20 Å². The zero-order valence-corrected chi connectivity index (χ0v) is 10.0. The second-order valence-electron chi connectivity index (χ2n) is 3.71. The molecule has 1 aromatic carbocycles. The Kier molecular flexibility index (Phi) is 3.62. The molecule has 5 heteroatoms. The highest BCUT2D eigenvalue weighted by Crippen LogP contribution is 2.29. The molecule has 1 aromatic rings. The van der Waals surface area contributed by atoms with E-state index < -0.39 is 5.97 Å². The number of aliphatic imine (C=N–C) groups is 1. The van der Waals surface area contributed by atoms with Gasteiger partial charge in [0.25, 0.3) is 0 Å². The number of hydrogen-bond donors (Lipinski definition) is 1. The van der Waals surface area contributed by atoms with Crippen molar-refractivity contribution in [3.8, 4) is 5.75 Å². The van der Waals surface area contributed by atoms with Crippen LogP contribution in [0.15, 0.2) is 41.7 Å². The minimum absolute atomic E-state index is 0.115. The van der Waals surface area contributed by atoms with Gasteiger partial charge in [-0.15, -0.1) is 0 Å². The van der Waals surface area contributed by atoms with Gasteiger partial charge < -0.3 is 14.7 Å². The summed E-state index contributed by atoms with van der Waals surface area (Å²) in [5, 5.41) is 8.95. The molecule has 94 valence electrons. The molecule has 2 rings (SSSR count). The minimum Gasteiger partial charge on any atom is -0.492 e. The van der Waals surface area contributed by atoms with Crippen molar-refractivity contribution in [1.82, 2.24) is 0 Å². The van der Waals surface area contributed by atoms with Crippen LogP contribution in [0.5, 0.6) is 5.75 Å². The third kappa shape index (κ3) is 2.51. The van der Waals surface area contributed by atoms with Gasteiger partial charge in [-0.2, -0.15) is 0 Å². The third-order valence-electron chi connectivity index (χ3n) is 2.52. The average Bonchev–Trinajstić information content (AvgIpc) is 2.40. The molecule has 18 heavy (non-hydrogen) atoms. The van der Waals surface area contributed by atoms with E-state index in [0.717, 1.165) is 11.4 Å². The summed E-state index contributed by atoms with van der Waals surface area (Å²) in [5.74, 6) is -0.269. The molecule has 1 heterocycles. The summed E-state index contributed by atoms with van der Waals surface area (Å²) in [6.07, 6.45) is 3.22. The molecule has 0 atom stereocenters. The zero-order chi connectivity index (χ0) is 13.0. The van der Waals surface area contributed by atoms with E-state index in [4.69, 9.17) is 9.84 Å². The topological polar surface area (TPSA) is 62.1 Å². The lowest BCUT2D eigenvalue weighted by Gasteiger charge is -2.24. The van der Waals surface area contributed by atoms with Crippen LogP contribution in [0, 0.1) is 0 Å². The Balaban J connectivity index is 2.26. The second kappa shape index (κ2) is 5.35. The Morgan fingerprint density at radius 2 is 2.28 bits per heavy atom. The fraction of sp³-hybridized carbons (Fsp3) is 0.231. The predicted molar refractivity (Wildman–Crippen MR) is 69.2 cm³/mol. The minimum atomic E-state index is -1.00. The molecule has 1 N–H and O–H groups in total. The lowest BCUT2D eigenvalue weighted by Crippen LogP contribution is -2.32. The molecule has 0 fully saturated rings. The number of ether oxygens (including phenoxy) is 1.